The highest BCUT2D eigenvalue weighted by Crippen LogP contribution is 2.25. The fraction of sp³-hybridized carbons (Fsp3) is 0.417. The van der Waals surface area contributed by atoms with Gasteiger partial charge >= 0.3 is 0 Å². The number of aryl methyl sites for hydroxylation is 2. The van der Waals surface area contributed by atoms with Crippen LogP contribution in [0.15, 0.2) is 46.9 Å². The average Bonchev–Trinajstić information content (AvgIpc) is 2.76. The van der Waals surface area contributed by atoms with Crippen molar-refractivity contribution >= 4 is 39.5 Å². The van der Waals surface area contributed by atoms with Crippen molar-refractivity contribution in [3.05, 3.63) is 69.2 Å². The van der Waals surface area contributed by atoms with Crippen molar-refractivity contribution in [3.63, 3.8) is 0 Å². The molecular formula is C24H29BrN2O2S. The molecule has 1 aliphatic rings. The number of rotatable bonds is 8. The molecule has 4 nitrogen and oxygen atoms in total. The average molecular weight is 489 g/mol. The highest BCUT2D eigenvalue weighted by atomic mass is 79.9. The summed E-state index contributed by atoms with van der Waals surface area (Å²) < 4.78 is 0.717. The first-order valence-corrected chi connectivity index (χ1v) is 12.6. The van der Waals surface area contributed by atoms with Gasteiger partial charge in [0, 0.05) is 4.47 Å². The Morgan fingerprint density at radius 1 is 1.07 bits per heavy atom. The summed E-state index contributed by atoms with van der Waals surface area (Å²) in [5.41, 5.74) is 4.48. The van der Waals surface area contributed by atoms with E-state index >= 15 is 0 Å². The SMILES string of the molecule is CSCC[C@@H](NC(=O)c1ccccc1Br)C(=O)N[C@@H](C)c1ccc2c(c1)CCCC2. The molecule has 0 aliphatic heterocycles. The quantitative estimate of drug-likeness (QED) is 0.545. The summed E-state index contributed by atoms with van der Waals surface area (Å²) in [6.07, 6.45) is 7.33. The lowest BCUT2D eigenvalue weighted by Crippen LogP contribution is -2.47. The van der Waals surface area contributed by atoms with Crippen LogP contribution in [0.3, 0.4) is 0 Å². The monoisotopic (exact) mass is 488 g/mol. The second-order valence-electron chi connectivity index (χ2n) is 7.75. The maximum Gasteiger partial charge on any atom is 0.253 e. The number of carbonyl (C=O) groups excluding carboxylic acids is 2. The molecule has 2 N–H and O–H groups in total. The predicted octanol–water partition coefficient (Wildman–Crippen LogP) is 5.06. The van der Waals surface area contributed by atoms with Crippen molar-refractivity contribution in [1.82, 2.24) is 10.6 Å². The van der Waals surface area contributed by atoms with Crippen LogP contribution < -0.4 is 10.6 Å². The highest BCUT2D eigenvalue weighted by Gasteiger charge is 2.24. The molecule has 1 aliphatic carbocycles. The zero-order chi connectivity index (χ0) is 21.5. The van der Waals surface area contributed by atoms with Crippen LogP contribution >= 0.6 is 27.7 Å². The molecule has 2 aromatic carbocycles. The van der Waals surface area contributed by atoms with E-state index in [9.17, 15) is 9.59 Å². The molecule has 0 heterocycles. The van der Waals surface area contributed by atoms with Crippen LogP contribution in [0.25, 0.3) is 0 Å². The second kappa shape index (κ2) is 11.0. The Kier molecular flexibility index (Phi) is 8.40. The van der Waals surface area contributed by atoms with E-state index in [0.717, 1.165) is 24.2 Å². The van der Waals surface area contributed by atoms with Crippen molar-refractivity contribution in [3.8, 4) is 0 Å². The molecule has 0 bridgehead atoms. The zero-order valence-electron chi connectivity index (χ0n) is 17.5. The van der Waals surface area contributed by atoms with Gasteiger partial charge in [-0.3, -0.25) is 9.59 Å². The fourth-order valence-corrected chi connectivity index (χ4v) is 4.74. The van der Waals surface area contributed by atoms with Gasteiger partial charge in [-0.05, 0) is 95.8 Å². The first-order valence-electron chi connectivity index (χ1n) is 10.5. The molecule has 0 unspecified atom stereocenters. The Bertz CT molecular complexity index is 903. The third-order valence-electron chi connectivity index (χ3n) is 5.58. The number of benzene rings is 2. The summed E-state index contributed by atoms with van der Waals surface area (Å²) in [7, 11) is 0. The van der Waals surface area contributed by atoms with E-state index in [4.69, 9.17) is 0 Å². The molecule has 2 atom stereocenters. The predicted molar refractivity (Wildman–Crippen MR) is 128 cm³/mol. The topological polar surface area (TPSA) is 58.2 Å². The minimum Gasteiger partial charge on any atom is -0.348 e. The summed E-state index contributed by atoms with van der Waals surface area (Å²) in [4.78, 5) is 25.8. The number of thioether (sulfide) groups is 1. The molecule has 0 saturated heterocycles. The summed E-state index contributed by atoms with van der Waals surface area (Å²) in [6.45, 7) is 2.00. The maximum atomic E-state index is 13.0. The molecular weight excluding hydrogens is 460 g/mol. The van der Waals surface area contributed by atoms with Crippen LogP contribution in [0, 0.1) is 0 Å². The Hall–Kier alpha value is -1.79. The van der Waals surface area contributed by atoms with Crippen molar-refractivity contribution in [1.29, 1.82) is 0 Å². The van der Waals surface area contributed by atoms with E-state index in [1.54, 1.807) is 17.8 Å². The Morgan fingerprint density at radius 2 is 1.80 bits per heavy atom. The van der Waals surface area contributed by atoms with E-state index in [1.807, 2.05) is 31.4 Å². The molecule has 0 saturated carbocycles. The lowest BCUT2D eigenvalue weighted by atomic mass is 9.89. The summed E-state index contributed by atoms with van der Waals surface area (Å²) in [5.74, 6) is 0.404. The van der Waals surface area contributed by atoms with Gasteiger partial charge in [-0.15, -0.1) is 0 Å². The van der Waals surface area contributed by atoms with Crippen LogP contribution in [0.5, 0.6) is 0 Å². The van der Waals surface area contributed by atoms with Gasteiger partial charge in [0.25, 0.3) is 5.91 Å². The number of halogens is 1. The minimum absolute atomic E-state index is 0.109. The number of carbonyl (C=O) groups is 2. The van der Waals surface area contributed by atoms with E-state index in [0.29, 0.717) is 16.5 Å². The van der Waals surface area contributed by atoms with Crippen molar-refractivity contribution < 1.29 is 9.59 Å². The number of hydrogen-bond donors (Lipinski definition) is 2. The maximum absolute atomic E-state index is 13.0. The van der Waals surface area contributed by atoms with Crippen LogP contribution in [0.1, 0.15) is 59.3 Å². The van der Waals surface area contributed by atoms with Gasteiger partial charge in [-0.1, -0.05) is 30.3 Å². The van der Waals surface area contributed by atoms with Crippen LogP contribution in [-0.4, -0.2) is 29.9 Å². The molecule has 6 heteroatoms. The number of amides is 2. The van der Waals surface area contributed by atoms with Crippen LogP contribution in [-0.2, 0) is 17.6 Å². The van der Waals surface area contributed by atoms with E-state index in [-0.39, 0.29) is 17.9 Å². The van der Waals surface area contributed by atoms with Gasteiger partial charge in [0.1, 0.15) is 6.04 Å². The van der Waals surface area contributed by atoms with Gasteiger partial charge < -0.3 is 10.6 Å². The second-order valence-corrected chi connectivity index (χ2v) is 9.59. The van der Waals surface area contributed by atoms with Gasteiger partial charge in [0.05, 0.1) is 11.6 Å². The highest BCUT2D eigenvalue weighted by molar-refractivity contribution is 9.10. The molecule has 30 heavy (non-hydrogen) atoms. The molecule has 3 rings (SSSR count). The number of fused-ring (bicyclic) bond motifs is 1. The smallest absolute Gasteiger partial charge is 0.253 e. The molecule has 0 spiro atoms. The third kappa shape index (κ3) is 5.88. The summed E-state index contributed by atoms with van der Waals surface area (Å²) in [5, 5.41) is 6.03. The van der Waals surface area contributed by atoms with E-state index < -0.39 is 6.04 Å². The molecule has 160 valence electrons. The van der Waals surface area contributed by atoms with Gasteiger partial charge in [0.15, 0.2) is 0 Å². The Morgan fingerprint density at radius 3 is 2.53 bits per heavy atom. The summed E-state index contributed by atoms with van der Waals surface area (Å²) in [6, 6.07) is 13.1. The number of hydrogen-bond acceptors (Lipinski definition) is 3. The first-order chi connectivity index (χ1) is 14.5. The first kappa shape index (κ1) is 22.9. The molecule has 2 aromatic rings. The van der Waals surface area contributed by atoms with Crippen molar-refractivity contribution in [2.45, 2.75) is 51.1 Å². The van der Waals surface area contributed by atoms with Gasteiger partial charge in [-0.2, -0.15) is 11.8 Å². The van der Waals surface area contributed by atoms with Crippen molar-refractivity contribution in [2.75, 3.05) is 12.0 Å². The third-order valence-corrected chi connectivity index (χ3v) is 6.92. The fourth-order valence-electron chi connectivity index (χ4n) is 3.81. The Balaban J connectivity index is 1.68. The van der Waals surface area contributed by atoms with Gasteiger partial charge in [0.2, 0.25) is 5.91 Å². The summed E-state index contributed by atoms with van der Waals surface area (Å²) >= 11 is 5.08. The van der Waals surface area contributed by atoms with Crippen molar-refractivity contribution in [2.24, 2.45) is 0 Å². The molecule has 2 amide bonds. The van der Waals surface area contributed by atoms with Crippen LogP contribution in [0.4, 0.5) is 0 Å². The normalized spacial score (nSPS) is 15.0. The van der Waals surface area contributed by atoms with Gasteiger partial charge in [-0.25, -0.2) is 0 Å². The van der Waals surface area contributed by atoms with E-state index in [2.05, 4.69) is 44.8 Å². The largest absolute Gasteiger partial charge is 0.348 e. The Labute approximate surface area is 191 Å². The van der Waals surface area contributed by atoms with E-state index in [1.165, 1.54) is 24.0 Å². The molecule has 0 fully saturated rings. The standard InChI is InChI=1S/C24H29BrN2O2S/c1-16(18-12-11-17-7-3-4-8-19(17)15-18)26-24(29)22(13-14-30-2)27-23(28)20-9-5-6-10-21(20)25/h5-6,9-12,15-16,22H,3-4,7-8,13-14H2,1-2H3,(H,26,29)(H,27,28)/t16-,22+/m0/s1. The van der Waals surface area contributed by atoms with Crippen LogP contribution in [0.2, 0.25) is 0 Å². The lowest BCUT2D eigenvalue weighted by Gasteiger charge is -2.23. The molecule has 0 radical (unpaired) electrons. The lowest BCUT2D eigenvalue weighted by molar-refractivity contribution is -0.123. The number of nitrogens with one attached hydrogen (secondary N) is 2. The molecule has 0 aromatic heterocycles. The zero-order valence-corrected chi connectivity index (χ0v) is 19.9. The minimum atomic E-state index is -0.572.